The summed E-state index contributed by atoms with van der Waals surface area (Å²) in [5, 5.41) is 4.49. The summed E-state index contributed by atoms with van der Waals surface area (Å²) in [6.07, 6.45) is 2.11. The Hall–Kier alpha value is -0.670. The van der Waals surface area contributed by atoms with Gasteiger partial charge in [-0.15, -0.1) is 0 Å². The molecule has 2 heterocycles. The normalized spacial score (nSPS) is 31.2. The van der Waals surface area contributed by atoms with E-state index in [2.05, 4.69) is 5.32 Å². The third-order valence-corrected chi connectivity index (χ3v) is 6.87. The first kappa shape index (κ1) is 14.7. The molecule has 1 N–H and O–H groups in total. The monoisotopic (exact) mass is 324 g/mol. The molecule has 2 aliphatic heterocycles. The van der Waals surface area contributed by atoms with Crippen LogP contribution in [0.15, 0.2) is 11.5 Å². The van der Waals surface area contributed by atoms with Gasteiger partial charge < -0.3 is 10.2 Å². The van der Waals surface area contributed by atoms with Gasteiger partial charge in [-0.3, -0.25) is 0 Å². The van der Waals surface area contributed by atoms with E-state index in [0.717, 1.165) is 0 Å². The lowest BCUT2D eigenvalue weighted by Crippen LogP contribution is -2.47. The van der Waals surface area contributed by atoms with Crippen LogP contribution in [-0.4, -0.2) is 63.2 Å². The molecule has 19 heavy (non-hydrogen) atoms. The summed E-state index contributed by atoms with van der Waals surface area (Å²) in [5.74, 6) is 0.274. The van der Waals surface area contributed by atoms with Gasteiger partial charge in [-0.1, -0.05) is 0 Å². The van der Waals surface area contributed by atoms with Crippen LogP contribution in [0.4, 0.5) is 0 Å². The Bertz CT molecular complexity index is 609. The van der Waals surface area contributed by atoms with Gasteiger partial charge >= 0.3 is 0 Å². The lowest BCUT2D eigenvalue weighted by Gasteiger charge is -2.28. The smallest absolute Gasteiger partial charge is 0.173 e. The molecule has 1 fully saturated rings. The second-order valence-electron chi connectivity index (χ2n) is 4.88. The maximum absolute atomic E-state index is 11.4. The van der Waals surface area contributed by atoms with Crippen molar-refractivity contribution >= 4 is 37.0 Å². The van der Waals surface area contributed by atoms with Crippen molar-refractivity contribution in [3.05, 3.63) is 11.5 Å². The number of hydrogen-bond donors (Lipinski definition) is 1. The van der Waals surface area contributed by atoms with E-state index in [0.29, 0.717) is 11.5 Å². The van der Waals surface area contributed by atoms with E-state index in [1.807, 2.05) is 0 Å². The van der Waals surface area contributed by atoms with Gasteiger partial charge in [-0.2, -0.15) is 0 Å². The van der Waals surface area contributed by atoms with Crippen molar-refractivity contribution in [2.24, 2.45) is 0 Å². The largest absolute Gasteiger partial charge is 0.355 e. The second kappa shape index (κ2) is 5.02. The number of sulfone groups is 2. The third kappa shape index (κ3) is 3.67. The molecule has 0 amide bonds. The van der Waals surface area contributed by atoms with Crippen molar-refractivity contribution in [1.82, 2.24) is 10.2 Å². The van der Waals surface area contributed by atoms with E-state index in [1.54, 1.807) is 18.0 Å². The van der Waals surface area contributed by atoms with Gasteiger partial charge in [0.2, 0.25) is 0 Å². The highest BCUT2D eigenvalue weighted by Gasteiger charge is 2.32. The summed E-state index contributed by atoms with van der Waals surface area (Å²) in [6, 6.07) is -0.468. The van der Waals surface area contributed by atoms with Crippen LogP contribution < -0.4 is 5.32 Å². The summed E-state index contributed by atoms with van der Waals surface area (Å²) in [6.45, 7) is 0. The van der Waals surface area contributed by atoms with Crippen LogP contribution in [0, 0.1) is 0 Å². The predicted molar refractivity (Wildman–Crippen MR) is 77.3 cm³/mol. The maximum atomic E-state index is 11.4. The minimum Gasteiger partial charge on any atom is -0.355 e. The average Bonchev–Trinajstić information content (AvgIpc) is 2.80. The van der Waals surface area contributed by atoms with E-state index >= 15 is 0 Å². The number of nitrogens with zero attached hydrogens (tertiary/aromatic N) is 1. The van der Waals surface area contributed by atoms with Crippen molar-refractivity contribution < 1.29 is 16.8 Å². The van der Waals surface area contributed by atoms with Gasteiger partial charge in [0.25, 0.3) is 0 Å². The fraction of sp³-hybridized carbons (Fsp3) is 0.700. The van der Waals surface area contributed by atoms with E-state index in [1.165, 1.54) is 5.41 Å². The predicted octanol–water partition coefficient (Wildman–Crippen LogP) is -0.709. The van der Waals surface area contributed by atoms with Crippen LogP contribution in [0.3, 0.4) is 0 Å². The number of rotatable bonds is 2. The van der Waals surface area contributed by atoms with Gasteiger partial charge in [-0.05, 0) is 24.7 Å². The molecule has 9 heteroatoms. The molecule has 2 rings (SSSR count). The number of nitrogens with one attached hydrogen (secondary N) is 1. The molecule has 0 radical (unpaired) electrons. The van der Waals surface area contributed by atoms with Crippen LogP contribution >= 0.6 is 12.2 Å². The highest BCUT2D eigenvalue weighted by molar-refractivity contribution is 7.94. The summed E-state index contributed by atoms with van der Waals surface area (Å²) in [4.78, 5) is 1.71. The first-order valence-electron chi connectivity index (χ1n) is 5.83. The molecular weight excluding hydrogens is 308 g/mol. The Balaban J connectivity index is 1.92. The highest BCUT2D eigenvalue weighted by Crippen LogP contribution is 2.17. The minimum absolute atomic E-state index is 0.00997. The molecule has 0 aromatic rings. The Labute approximate surface area is 118 Å². The molecule has 0 aromatic carbocycles. The molecule has 108 valence electrons. The zero-order valence-corrected chi connectivity index (χ0v) is 12.9. The summed E-state index contributed by atoms with van der Waals surface area (Å²) < 4.78 is 45.4. The second-order valence-corrected chi connectivity index (χ2v) is 9.43. The molecule has 2 unspecified atom stereocenters. The molecule has 0 bridgehead atoms. The molecule has 1 saturated heterocycles. The molecule has 0 aromatic heterocycles. The van der Waals surface area contributed by atoms with Gasteiger partial charge in [0.1, 0.15) is 0 Å². The van der Waals surface area contributed by atoms with E-state index in [4.69, 9.17) is 12.2 Å². The third-order valence-electron chi connectivity index (χ3n) is 3.32. The summed E-state index contributed by atoms with van der Waals surface area (Å²) in [7, 11) is -4.35. The lowest BCUT2D eigenvalue weighted by molar-refractivity contribution is 0.388. The van der Waals surface area contributed by atoms with Crippen LogP contribution in [0.2, 0.25) is 0 Å². The highest BCUT2D eigenvalue weighted by atomic mass is 32.2. The van der Waals surface area contributed by atoms with Crippen molar-refractivity contribution in [1.29, 1.82) is 0 Å². The van der Waals surface area contributed by atoms with Crippen molar-refractivity contribution in [2.45, 2.75) is 18.5 Å². The fourth-order valence-corrected chi connectivity index (χ4v) is 5.48. The fourth-order valence-electron chi connectivity index (χ4n) is 2.17. The Kier molecular flexibility index (Phi) is 3.90. The van der Waals surface area contributed by atoms with Crippen molar-refractivity contribution in [2.75, 3.05) is 24.3 Å². The molecule has 0 saturated carbocycles. The average molecular weight is 324 g/mol. The summed E-state index contributed by atoms with van der Waals surface area (Å²) in [5.41, 5.74) is 0. The molecule has 2 atom stereocenters. The summed E-state index contributed by atoms with van der Waals surface area (Å²) >= 11 is 5.19. The topological polar surface area (TPSA) is 83.6 Å². The van der Waals surface area contributed by atoms with Crippen molar-refractivity contribution in [3.8, 4) is 0 Å². The SMILES string of the molecule is CN(C(=S)NC1C=CS(=O)(=O)C1)C1CCS(=O)(=O)C1. The molecule has 0 spiro atoms. The maximum Gasteiger partial charge on any atom is 0.173 e. The standard InChI is InChI=1S/C10H16N2O4S3/c1-12(9-3-5-19(15,16)7-9)10(17)11-8-2-4-18(13,14)6-8/h2,4,8-9H,3,5-7H2,1H3,(H,11,17). The quantitative estimate of drug-likeness (QED) is 0.672. The van der Waals surface area contributed by atoms with Crippen LogP contribution in [0.25, 0.3) is 0 Å². The van der Waals surface area contributed by atoms with E-state index < -0.39 is 19.7 Å². The zero-order chi connectivity index (χ0) is 14.3. The number of hydrogen-bond acceptors (Lipinski definition) is 5. The Morgan fingerprint density at radius 1 is 1.32 bits per heavy atom. The van der Waals surface area contributed by atoms with E-state index in [-0.39, 0.29) is 29.3 Å². The van der Waals surface area contributed by atoms with E-state index in [9.17, 15) is 16.8 Å². The van der Waals surface area contributed by atoms with Gasteiger partial charge in [-0.25, -0.2) is 16.8 Å². The Morgan fingerprint density at radius 3 is 2.47 bits per heavy atom. The van der Waals surface area contributed by atoms with Crippen LogP contribution in [0.1, 0.15) is 6.42 Å². The van der Waals surface area contributed by atoms with Crippen LogP contribution in [0.5, 0.6) is 0 Å². The molecule has 0 aliphatic carbocycles. The lowest BCUT2D eigenvalue weighted by atomic mass is 10.2. The molecular formula is C10H16N2O4S3. The Morgan fingerprint density at radius 2 is 2.00 bits per heavy atom. The molecule has 6 nitrogen and oxygen atoms in total. The van der Waals surface area contributed by atoms with Gasteiger partial charge in [0, 0.05) is 18.5 Å². The van der Waals surface area contributed by atoms with Gasteiger partial charge in [0.05, 0.1) is 23.3 Å². The number of thiocarbonyl (C=S) groups is 1. The minimum atomic E-state index is -3.12. The molecule has 2 aliphatic rings. The first-order chi connectivity index (χ1) is 8.69. The first-order valence-corrected chi connectivity index (χ1v) is 9.78. The van der Waals surface area contributed by atoms with Crippen LogP contribution in [-0.2, 0) is 19.7 Å². The van der Waals surface area contributed by atoms with Crippen molar-refractivity contribution in [3.63, 3.8) is 0 Å². The zero-order valence-electron chi connectivity index (χ0n) is 10.4. The van der Waals surface area contributed by atoms with Gasteiger partial charge in [0.15, 0.2) is 24.8 Å².